The Balaban J connectivity index is 2.16. The first kappa shape index (κ1) is 16.0. The van der Waals surface area contributed by atoms with Gasteiger partial charge < -0.3 is 9.80 Å². The van der Waals surface area contributed by atoms with Gasteiger partial charge in [-0.1, -0.05) is 0 Å². The van der Waals surface area contributed by atoms with Crippen LogP contribution in [0.3, 0.4) is 0 Å². The smallest absolute Gasteiger partial charge is 0.263 e. The molecule has 0 N–H and O–H groups in total. The lowest BCUT2D eigenvalue weighted by atomic mass is 9.87. The van der Waals surface area contributed by atoms with E-state index in [0.717, 1.165) is 37.2 Å². The summed E-state index contributed by atoms with van der Waals surface area (Å²) in [5.74, 6) is 0.386. The van der Waals surface area contributed by atoms with Crippen LogP contribution in [0.2, 0.25) is 0 Å². The van der Waals surface area contributed by atoms with Crippen LogP contribution in [-0.4, -0.2) is 48.8 Å². The van der Waals surface area contributed by atoms with E-state index < -0.39 is 0 Å². The highest BCUT2D eigenvalue weighted by Gasteiger charge is 2.28. The Morgan fingerprint density at radius 3 is 2.52 bits per heavy atom. The summed E-state index contributed by atoms with van der Waals surface area (Å²) in [5.41, 5.74) is 1.20. The molecular weight excluding hydrogens is 284 g/mol. The fourth-order valence-corrected chi connectivity index (χ4v) is 4.05. The number of amides is 2. The fourth-order valence-electron chi connectivity index (χ4n) is 2.87. The predicted octanol–water partition coefficient (Wildman–Crippen LogP) is 2.42. The van der Waals surface area contributed by atoms with Crippen LogP contribution in [0.25, 0.3) is 0 Å². The number of fused-ring (bicyclic) bond motifs is 1. The van der Waals surface area contributed by atoms with Crippen molar-refractivity contribution in [3.8, 4) is 0 Å². The Hall–Kier alpha value is -1.36. The molecule has 2 amide bonds. The zero-order valence-electron chi connectivity index (χ0n) is 13.3. The lowest BCUT2D eigenvalue weighted by Crippen LogP contribution is -2.32. The highest BCUT2D eigenvalue weighted by molar-refractivity contribution is 7.14. The normalized spacial score (nSPS) is 17.2. The Bertz CT molecular complexity index is 532. The third kappa shape index (κ3) is 3.28. The second-order valence-corrected chi connectivity index (χ2v) is 6.85. The Labute approximate surface area is 130 Å². The van der Waals surface area contributed by atoms with E-state index in [1.54, 1.807) is 30.3 Å². The molecule has 5 heteroatoms. The molecule has 0 aromatic carbocycles. The van der Waals surface area contributed by atoms with Crippen molar-refractivity contribution in [2.45, 2.75) is 33.1 Å². The molecule has 116 valence electrons. The predicted molar refractivity (Wildman–Crippen MR) is 85.8 cm³/mol. The van der Waals surface area contributed by atoms with Gasteiger partial charge in [-0.3, -0.25) is 9.59 Å². The number of hydrogen-bond acceptors (Lipinski definition) is 3. The van der Waals surface area contributed by atoms with Crippen molar-refractivity contribution in [1.29, 1.82) is 0 Å². The van der Waals surface area contributed by atoms with Gasteiger partial charge >= 0.3 is 0 Å². The van der Waals surface area contributed by atoms with Gasteiger partial charge in [-0.25, -0.2) is 0 Å². The topological polar surface area (TPSA) is 40.6 Å². The molecule has 1 aromatic rings. The van der Waals surface area contributed by atoms with Gasteiger partial charge in [-0.05, 0) is 44.7 Å². The second kappa shape index (κ2) is 6.60. The summed E-state index contributed by atoms with van der Waals surface area (Å²) in [7, 11) is 3.61. The van der Waals surface area contributed by atoms with Crippen molar-refractivity contribution in [1.82, 2.24) is 9.80 Å². The van der Waals surface area contributed by atoms with Gasteiger partial charge in [0.1, 0.15) is 0 Å². The van der Waals surface area contributed by atoms with E-state index in [1.807, 2.05) is 24.8 Å². The monoisotopic (exact) mass is 308 g/mol. The number of nitrogens with zero attached hydrogens (tertiary/aromatic N) is 2. The van der Waals surface area contributed by atoms with E-state index in [1.165, 1.54) is 10.4 Å². The number of rotatable bonds is 4. The van der Waals surface area contributed by atoms with Crippen LogP contribution in [0, 0.1) is 5.92 Å². The van der Waals surface area contributed by atoms with E-state index in [-0.39, 0.29) is 17.7 Å². The molecule has 0 fully saturated rings. The largest absolute Gasteiger partial charge is 0.349 e. The summed E-state index contributed by atoms with van der Waals surface area (Å²) in [6, 6.07) is 2.01. The molecule has 21 heavy (non-hydrogen) atoms. The van der Waals surface area contributed by atoms with Crippen LogP contribution in [0.1, 0.15) is 40.4 Å². The van der Waals surface area contributed by atoms with Gasteiger partial charge in [-0.15, -0.1) is 11.3 Å². The van der Waals surface area contributed by atoms with Gasteiger partial charge in [-0.2, -0.15) is 0 Å². The standard InChI is InChI=1S/C16H24N2O2S/c1-5-18(6-2)16(20)14-10-12-9-11(15(19)17(3)4)7-8-13(12)21-14/h10-11H,5-9H2,1-4H3/t11-/m0/s1. The molecule has 1 aliphatic carbocycles. The zero-order valence-corrected chi connectivity index (χ0v) is 14.1. The Kier molecular flexibility index (Phi) is 5.04. The number of aryl methyl sites for hydroxylation is 1. The lowest BCUT2D eigenvalue weighted by molar-refractivity contribution is -0.133. The average molecular weight is 308 g/mol. The molecule has 4 nitrogen and oxygen atoms in total. The van der Waals surface area contributed by atoms with E-state index in [9.17, 15) is 9.59 Å². The van der Waals surface area contributed by atoms with Gasteiger partial charge in [0, 0.05) is 38.0 Å². The molecule has 0 saturated carbocycles. The van der Waals surface area contributed by atoms with Crippen LogP contribution in [0.4, 0.5) is 0 Å². The highest BCUT2D eigenvalue weighted by atomic mass is 32.1. The molecule has 0 spiro atoms. The third-order valence-corrected chi connectivity index (χ3v) is 5.36. The number of hydrogen-bond donors (Lipinski definition) is 0. The van der Waals surface area contributed by atoms with Crippen molar-refractivity contribution in [3.05, 3.63) is 21.4 Å². The Morgan fingerprint density at radius 2 is 1.95 bits per heavy atom. The maximum absolute atomic E-state index is 12.4. The van der Waals surface area contributed by atoms with Crippen LogP contribution < -0.4 is 0 Å². The quantitative estimate of drug-likeness (QED) is 0.857. The molecule has 0 unspecified atom stereocenters. The molecule has 1 aliphatic rings. The molecule has 2 rings (SSSR count). The van der Waals surface area contributed by atoms with E-state index in [0.29, 0.717) is 0 Å². The molecule has 1 atom stereocenters. The highest BCUT2D eigenvalue weighted by Crippen LogP contribution is 2.33. The summed E-state index contributed by atoms with van der Waals surface area (Å²) in [6.45, 7) is 5.47. The fraction of sp³-hybridized carbons (Fsp3) is 0.625. The number of carbonyl (C=O) groups excluding carboxylic acids is 2. The van der Waals surface area contributed by atoms with Gasteiger partial charge in [0.2, 0.25) is 5.91 Å². The first-order valence-corrected chi connectivity index (χ1v) is 8.41. The minimum atomic E-state index is 0.0681. The molecule has 0 saturated heterocycles. The van der Waals surface area contributed by atoms with Crippen LogP contribution in [-0.2, 0) is 17.6 Å². The maximum Gasteiger partial charge on any atom is 0.263 e. The van der Waals surface area contributed by atoms with Gasteiger partial charge in [0.05, 0.1) is 4.88 Å². The summed E-state index contributed by atoms with van der Waals surface area (Å²) in [6.07, 6.45) is 2.58. The first-order valence-electron chi connectivity index (χ1n) is 7.59. The summed E-state index contributed by atoms with van der Waals surface area (Å²) in [5, 5.41) is 0. The first-order chi connectivity index (χ1) is 9.97. The summed E-state index contributed by atoms with van der Waals surface area (Å²) < 4.78 is 0. The van der Waals surface area contributed by atoms with Crippen LogP contribution >= 0.6 is 11.3 Å². The van der Waals surface area contributed by atoms with Crippen LogP contribution in [0.15, 0.2) is 6.07 Å². The van der Waals surface area contributed by atoms with Crippen molar-refractivity contribution in [2.75, 3.05) is 27.2 Å². The lowest BCUT2D eigenvalue weighted by Gasteiger charge is -2.24. The van der Waals surface area contributed by atoms with Gasteiger partial charge in [0.25, 0.3) is 5.91 Å². The second-order valence-electron chi connectivity index (χ2n) is 5.71. The van der Waals surface area contributed by atoms with E-state index in [4.69, 9.17) is 0 Å². The molecular formula is C16H24N2O2S. The summed E-state index contributed by atoms with van der Waals surface area (Å²) in [4.78, 5) is 30.1. The maximum atomic E-state index is 12.4. The van der Waals surface area contributed by atoms with Crippen molar-refractivity contribution >= 4 is 23.2 Å². The molecule has 0 bridgehead atoms. The van der Waals surface area contributed by atoms with Crippen molar-refractivity contribution in [3.63, 3.8) is 0 Å². The van der Waals surface area contributed by atoms with Gasteiger partial charge in [0.15, 0.2) is 0 Å². The SMILES string of the molecule is CCN(CC)C(=O)c1cc2c(s1)CC[C@H](C(=O)N(C)C)C2. The molecule has 0 radical (unpaired) electrons. The Morgan fingerprint density at radius 1 is 1.29 bits per heavy atom. The zero-order chi connectivity index (χ0) is 15.6. The van der Waals surface area contributed by atoms with E-state index >= 15 is 0 Å². The minimum Gasteiger partial charge on any atom is -0.349 e. The van der Waals surface area contributed by atoms with Crippen molar-refractivity contribution in [2.24, 2.45) is 5.92 Å². The third-order valence-electron chi connectivity index (χ3n) is 4.13. The van der Waals surface area contributed by atoms with Crippen LogP contribution in [0.5, 0.6) is 0 Å². The molecule has 0 aliphatic heterocycles. The van der Waals surface area contributed by atoms with E-state index in [2.05, 4.69) is 0 Å². The van der Waals surface area contributed by atoms with Crippen molar-refractivity contribution < 1.29 is 9.59 Å². The molecule has 1 heterocycles. The number of thiophene rings is 1. The summed E-state index contributed by atoms with van der Waals surface area (Å²) >= 11 is 1.61. The number of carbonyl (C=O) groups is 2. The minimum absolute atomic E-state index is 0.0681. The molecule has 1 aromatic heterocycles. The average Bonchev–Trinajstić information content (AvgIpc) is 2.90.